The van der Waals surface area contributed by atoms with Crippen LogP contribution in [-0.4, -0.2) is 11.5 Å². The number of oxazole rings is 1. The molecule has 2 unspecified atom stereocenters. The van der Waals surface area contributed by atoms with E-state index >= 15 is 0 Å². The molecule has 3 nitrogen and oxygen atoms in total. The first-order chi connectivity index (χ1) is 7.74. The van der Waals surface area contributed by atoms with E-state index in [2.05, 4.69) is 36.3 Å². The molecule has 1 aromatic carbocycles. The quantitative estimate of drug-likeness (QED) is 0.796. The monoisotopic (exact) mass is 216 g/mol. The molecule has 0 saturated carbocycles. The minimum atomic E-state index is 0.285. The lowest BCUT2D eigenvalue weighted by Gasteiger charge is -2.10. The summed E-state index contributed by atoms with van der Waals surface area (Å²) in [7, 11) is 0. The Kier molecular flexibility index (Phi) is 2.21. The summed E-state index contributed by atoms with van der Waals surface area (Å²) in [6.07, 6.45) is 1.20. The van der Waals surface area contributed by atoms with Gasteiger partial charge in [0, 0.05) is 0 Å². The summed E-state index contributed by atoms with van der Waals surface area (Å²) in [6, 6.07) is 6.42. The highest BCUT2D eigenvalue weighted by Gasteiger charge is 2.28. The fourth-order valence-corrected chi connectivity index (χ4v) is 2.35. The normalized spacial score (nSPS) is 25.4. The average Bonchev–Trinajstić information content (AvgIpc) is 2.82. The molecule has 16 heavy (non-hydrogen) atoms. The topological polar surface area (TPSA) is 38.1 Å². The molecule has 3 rings (SSSR count). The minimum absolute atomic E-state index is 0.285. The zero-order valence-corrected chi connectivity index (χ0v) is 9.66. The molecule has 1 fully saturated rings. The molecule has 0 aliphatic carbocycles. The second kappa shape index (κ2) is 3.59. The van der Waals surface area contributed by atoms with Gasteiger partial charge in [0.2, 0.25) is 5.89 Å². The molecule has 0 spiro atoms. The van der Waals surface area contributed by atoms with Gasteiger partial charge in [-0.2, -0.15) is 0 Å². The molecule has 3 heteroatoms. The van der Waals surface area contributed by atoms with Gasteiger partial charge in [-0.15, -0.1) is 0 Å². The van der Waals surface area contributed by atoms with E-state index in [1.807, 2.05) is 6.07 Å². The Hall–Kier alpha value is -1.35. The number of benzene rings is 1. The van der Waals surface area contributed by atoms with Gasteiger partial charge in [-0.3, -0.25) is 0 Å². The highest BCUT2D eigenvalue weighted by atomic mass is 16.3. The zero-order chi connectivity index (χ0) is 11.1. The number of aromatic nitrogens is 1. The second-order valence-corrected chi connectivity index (χ2v) is 4.72. The molecular formula is C13H16N2O. The Morgan fingerprint density at radius 2 is 2.31 bits per heavy atom. The number of hydrogen-bond acceptors (Lipinski definition) is 3. The fourth-order valence-electron chi connectivity index (χ4n) is 2.35. The molecule has 1 saturated heterocycles. The predicted octanol–water partition coefficient (Wildman–Crippen LogP) is 2.81. The lowest BCUT2D eigenvalue weighted by atomic mass is 10.0. The number of nitrogens with zero attached hydrogens (tertiary/aromatic N) is 1. The fraction of sp³-hybridized carbons (Fsp3) is 0.462. The van der Waals surface area contributed by atoms with E-state index in [9.17, 15) is 0 Å². The first-order valence-corrected chi connectivity index (χ1v) is 5.84. The van der Waals surface area contributed by atoms with Crippen molar-refractivity contribution in [3.63, 3.8) is 0 Å². The molecular weight excluding hydrogens is 200 g/mol. The Bertz CT molecular complexity index is 518. The Morgan fingerprint density at radius 3 is 3.06 bits per heavy atom. The standard InChI is InChI=1S/C13H16N2O/c1-8-3-4-11-10(7-8)15-13(16-11)12-9(2)5-6-14-12/h3-4,7,9,12,14H,5-6H2,1-2H3. The van der Waals surface area contributed by atoms with Crippen LogP contribution in [0, 0.1) is 12.8 Å². The Morgan fingerprint density at radius 1 is 1.44 bits per heavy atom. The van der Waals surface area contributed by atoms with Crippen molar-refractivity contribution in [3.05, 3.63) is 29.7 Å². The van der Waals surface area contributed by atoms with Crippen LogP contribution in [0.15, 0.2) is 22.6 Å². The molecule has 2 heterocycles. The third-order valence-corrected chi connectivity index (χ3v) is 3.36. The van der Waals surface area contributed by atoms with Crippen molar-refractivity contribution >= 4 is 11.1 Å². The molecule has 2 atom stereocenters. The molecule has 0 bridgehead atoms. The van der Waals surface area contributed by atoms with Gasteiger partial charge in [0.15, 0.2) is 5.58 Å². The van der Waals surface area contributed by atoms with E-state index in [-0.39, 0.29) is 6.04 Å². The van der Waals surface area contributed by atoms with E-state index in [0.29, 0.717) is 5.92 Å². The van der Waals surface area contributed by atoms with Gasteiger partial charge in [-0.05, 0) is 43.5 Å². The van der Waals surface area contributed by atoms with Gasteiger partial charge in [0.25, 0.3) is 0 Å². The van der Waals surface area contributed by atoms with Crippen molar-refractivity contribution in [1.82, 2.24) is 10.3 Å². The van der Waals surface area contributed by atoms with E-state index in [0.717, 1.165) is 23.5 Å². The van der Waals surface area contributed by atoms with Crippen LogP contribution < -0.4 is 5.32 Å². The minimum Gasteiger partial charge on any atom is -0.439 e. The third-order valence-electron chi connectivity index (χ3n) is 3.36. The summed E-state index contributed by atoms with van der Waals surface area (Å²) in [6.45, 7) is 5.37. The van der Waals surface area contributed by atoms with Crippen LogP contribution in [0.4, 0.5) is 0 Å². The van der Waals surface area contributed by atoms with Gasteiger partial charge in [-0.25, -0.2) is 4.98 Å². The van der Waals surface area contributed by atoms with Crippen molar-refractivity contribution in [1.29, 1.82) is 0 Å². The maximum Gasteiger partial charge on any atom is 0.212 e. The lowest BCUT2D eigenvalue weighted by Crippen LogP contribution is -2.16. The van der Waals surface area contributed by atoms with E-state index in [1.54, 1.807) is 0 Å². The SMILES string of the molecule is Cc1ccc2oc(C3NCCC3C)nc2c1. The average molecular weight is 216 g/mol. The van der Waals surface area contributed by atoms with Crippen LogP contribution in [0.2, 0.25) is 0 Å². The summed E-state index contributed by atoms with van der Waals surface area (Å²) in [5.74, 6) is 1.44. The Balaban J connectivity index is 2.04. The summed E-state index contributed by atoms with van der Waals surface area (Å²) in [4.78, 5) is 4.58. The van der Waals surface area contributed by atoms with Crippen LogP contribution in [0.1, 0.15) is 30.8 Å². The molecule has 1 aliphatic heterocycles. The van der Waals surface area contributed by atoms with Crippen LogP contribution in [-0.2, 0) is 0 Å². The highest BCUT2D eigenvalue weighted by molar-refractivity contribution is 5.73. The van der Waals surface area contributed by atoms with Crippen molar-refractivity contribution in [3.8, 4) is 0 Å². The van der Waals surface area contributed by atoms with E-state index in [4.69, 9.17) is 4.42 Å². The molecule has 2 aromatic rings. The summed E-state index contributed by atoms with van der Waals surface area (Å²) in [5, 5.41) is 3.44. The first-order valence-electron chi connectivity index (χ1n) is 5.84. The van der Waals surface area contributed by atoms with Gasteiger partial charge in [0.1, 0.15) is 5.52 Å². The van der Waals surface area contributed by atoms with Gasteiger partial charge in [-0.1, -0.05) is 13.0 Å². The zero-order valence-electron chi connectivity index (χ0n) is 9.66. The van der Waals surface area contributed by atoms with Gasteiger partial charge >= 0.3 is 0 Å². The number of nitrogens with one attached hydrogen (secondary N) is 1. The van der Waals surface area contributed by atoms with E-state index in [1.165, 1.54) is 12.0 Å². The Labute approximate surface area is 94.9 Å². The second-order valence-electron chi connectivity index (χ2n) is 4.72. The van der Waals surface area contributed by atoms with Crippen LogP contribution >= 0.6 is 0 Å². The van der Waals surface area contributed by atoms with Crippen molar-refractivity contribution in [2.75, 3.05) is 6.54 Å². The maximum absolute atomic E-state index is 5.80. The van der Waals surface area contributed by atoms with Crippen LogP contribution in [0.25, 0.3) is 11.1 Å². The van der Waals surface area contributed by atoms with Crippen LogP contribution in [0.5, 0.6) is 0 Å². The number of hydrogen-bond donors (Lipinski definition) is 1. The van der Waals surface area contributed by atoms with Crippen LogP contribution in [0.3, 0.4) is 0 Å². The summed E-state index contributed by atoms with van der Waals surface area (Å²) in [5.41, 5.74) is 3.08. The number of aryl methyl sites for hydroxylation is 1. The van der Waals surface area contributed by atoms with Gasteiger partial charge in [0.05, 0.1) is 6.04 Å². The van der Waals surface area contributed by atoms with E-state index < -0.39 is 0 Å². The molecule has 0 radical (unpaired) electrons. The number of fused-ring (bicyclic) bond motifs is 1. The molecule has 84 valence electrons. The van der Waals surface area contributed by atoms with Crippen molar-refractivity contribution in [2.45, 2.75) is 26.3 Å². The largest absolute Gasteiger partial charge is 0.439 e. The molecule has 0 amide bonds. The summed E-state index contributed by atoms with van der Waals surface area (Å²) < 4.78 is 5.80. The lowest BCUT2D eigenvalue weighted by molar-refractivity contribution is 0.394. The van der Waals surface area contributed by atoms with Crippen molar-refractivity contribution in [2.24, 2.45) is 5.92 Å². The number of rotatable bonds is 1. The van der Waals surface area contributed by atoms with Gasteiger partial charge < -0.3 is 9.73 Å². The first kappa shape index (κ1) is 9.85. The van der Waals surface area contributed by atoms with Crippen molar-refractivity contribution < 1.29 is 4.42 Å². The molecule has 1 aromatic heterocycles. The predicted molar refractivity (Wildman–Crippen MR) is 63.3 cm³/mol. The summed E-state index contributed by atoms with van der Waals surface area (Å²) >= 11 is 0. The smallest absolute Gasteiger partial charge is 0.212 e. The highest BCUT2D eigenvalue weighted by Crippen LogP contribution is 2.30. The molecule has 1 aliphatic rings. The maximum atomic E-state index is 5.80. The third kappa shape index (κ3) is 1.52. The molecule has 1 N–H and O–H groups in total.